The van der Waals surface area contributed by atoms with Crippen molar-refractivity contribution in [2.24, 2.45) is 5.92 Å². The average Bonchev–Trinajstić information content (AvgIpc) is 2.75. The number of hydrogen-bond donors (Lipinski definition) is 2. The molecule has 1 aliphatic carbocycles. The van der Waals surface area contributed by atoms with Gasteiger partial charge in [-0.05, 0) is 31.8 Å². The van der Waals surface area contributed by atoms with Crippen LogP contribution < -0.4 is 10.6 Å². The predicted octanol–water partition coefficient (Wildman–Crippen LogP) is 1.52. The molecule has 0 amide bonds. The van der Waals surface area contributed by atoms with Crippen LogP contribution in [0.4, 0.5) is 0 Å². The van der Waals surface area contributed by atoms with Crippen molar-refractivity contribution < 1.29 is 0 Å². The minimum atomic E-state index is 0.765. The number of rotatable bonds is 4. The SMILES string of the molecule is C1CCC(CCNC2CCNC2)C1. The highest BCUT2D eigenvalue weighted by atomic mass is 15.0. The molecule has 0 bridgehead atoms. The van der Waals surface area contributed by atoms with Gasteiger partial charge in [-0.15, -0.1) is 0 Å². The molecule has 1 aliphatic heterocycles. The summed E-state index contributed by atoms with van der Waals surface area (Å²) in [7, 11) is 0. The summed E-state index contributed by atoms with van der Waals surface area (Å²) >= 11 is 0. The third-order valence-corrected chi connectivity index (χ3v) is 3.52. The van der Waals surface area contributed by atoms with Gasteiger partial charge in [0.05, 0.1) is 0 Å². The van der Waals surface area contributed by atoms with Crippen molar-refractivity contribution in [1.82, 2.24) is 10.6 Å². The zero-order valence-electron chi connectivity index (χ0n) is 8.52. The van der Waals surface area contributed by atoms with Gasteiger partial charge in [-0.2, -0.15) is 0 Å². The van der Waals surface area contributed by atoms with E-state index in [1.165, 1.54) is 58.2 Å². The Labute approximate surface area is 81.5 Å². The lowest BCUT2D eigenvalue weighted by molar-refractivity contribution is 0.449. The monoisotopic (exact) mass is 182 g/mol. The maximum Gasteiger partial charge on any atom is 0.0204 e. The molecular formula is C11H22N2. The fourth-order valence-electron chi connectivity index (χ4n) is 2.62. The Kier molecular flexibility index (Phi) is 3.62. The Morgan fingerprint density at radius 3 is 2.69 bits per heavy atom. The van der Waals surface area contributed by atoms with E-state index in [1.807, 2.05) is 0 Å². The first-order valence-corrected chi connectivity index (χ1v) is 5.89. The molecule has 1 heterocycles. The van der Waals surface area contributed by atoms with Crippen LogP contribution in [0.5, 0.6) is 0 Å². The van der Waals surface area contributed by atoms with Crippen molar-refractivity contribution in [2.75, 3.05) is 19.6 Å². The molecular weight excluding hydrogens is 160 g/mol. The van der Waals surface area contributed by atoms with Gasteiger partial charge >= 0.3 is 0 Å². The fraction of sp³-hybridized carbons (Fsp3) is 1.00. The Bertz CT molecular complexity index is 119. The average molecular weight is 182 g/mol. The quantitative estimate of drug-likeness (QED) is 0.689. The molecule has 1 saturated heterocycles. The van der Waals surface area contributed by atoms with Crippen LogP contribution in [0.2, 0.25) is 0 Å². The van der Waals surface area contributed by atoms with Crippen LogP contribution in [-0.4, -0.2) is 25.7 Å². The second-order valence-corrected chi connectivity index (χ2v) is 4.58. The van der Waals surface area contributed by atoms with Crippen LogP contribution in [0.1, 0.15) is 38.5 Å². The molecule has 0 aromatic heterocycles. The fourth-order valence-corrected chi connectivity index (χ4v) is 2.62. The first kappa shape index (κ1) is 9.47. The zero-order valence-corrected chi connectivity index (χ0v) is 8.52. The van der Waals surface area contributed by atoms with E-state index >= 15 is 0 Å². The first-order chi connectivity index (χ1) is 6.45. The standard InChI is InChI=1S/C11H22N2/c1-2-4-10(3-1)5-8-13-11-6-7-12-9-11/h10-13H,1-9H2. The molecule has 2 nitrogen and oxygen atoms in total. The highest BCUT2D eigenvalue weighted by Crippen LogP contribution is 2.26. The minimum absolute atomic E-state index is 0.765. The molecule has 1 unspecified atom stereocenters. The van der Waals surface area contributed by atoms with Crippen LogP contribution >= 0.6 is 0 Å². The molecule has 13 heavy (non-hydrogen) atoms. The topological polar surface area (TPSA) is 24.1 Å². The van der Waals surface area contributed by atoms with Gasteiger partial charge in [-0.3, -0.25) is 0 Å². The van der Waals surface area contributed by atoms with Gasteiger partial charge < -0.3 is 10.6 Å². The highest BCUT2D eigenvalue weighted by molar-refractivity contribution is 4.78. The molecule has 1 saturated carbocycles. The molecule has 0 radical (unpaired) electrons. The Morgan fingerprint density at radius 1 is 1.15 bits per heavy atom. The lowest BCUT2D eigenvalue weighted by Gasteiger charge is -2.13. The summed E-state index contributed by atoms with van der Waals surface area (Å²) in [6, 6.07) is 0.765. The van der Waals surface area contributed by atoms with Crippen molar-refractivity contribution in [3.05, 3.63) is 0 Å². The van der Waals surface area contributed by atoms with E-state index in [2.05, 4.69) is 10.6 Å². The van der Waals surface area contributed by atoms with Crippen LogP contribution in [0.25, 0.3) is 0 Å². The van der Waals surface area contributed by atoms with Crippen molar-refractivity contribution >= 4 is 0 Å². The smallest absolute Gasteiger partial charge is 0.0204 e. The van der Waals surface area contributed by atoms with E-state index in [-0.39, 0.29) is 0 Å². The molecule has 2 rings (SSSR count). The summed E-state index contributed by atoms with van der Waals surface area (Å²) in [5, 5.41) is 7.03. The van der Waals surface area contributed by atoms with Crippen LogP contribution in [0.15, 0.2) is 0 Å². The minimum Gasteiger partial charge on any atom is -0.315 e. The van der Waals surface area contributed by atoms with Gasteiger partial charge in [0.15, 0.2) is 0 Å². The molecule has 0 spiro atoms. The van der Waals surface area contributed by atoms with Crippen LogP contribution in [0, 0.1) is 5.92 Å². The summed E-state index contributed by atoms with van der Waals surface area (Å²) in [6.45, 7) is 3.64. The van der Waals surface area contributed by atoms with Crippen molar-refractivity contribution in [3.63, 3.8) is 0 Å². The molecule has 1 atom stereocenters. The second kappa shape index (κ2) is 4.97. The summed E-state index contributed by atoms with van der Waals surface area (Å²) in [6.07, 6.45) is 8.68. The lowest BCUT2D eigenvalue weighted by atomic mass is 10.0. The van der Waals surface area contributed by atoms with E-state index in [4.69, 9.17) is 0 Å². The predicted molar refractivity (Wildman–Crippen MR) is 55.9 cm³/mol. The van der Waals surface area contributed by atoms with Crippen molar-refractivity contribution in [3.8, 4) is 0 Å². The van der Waals surface area contributed by atoms with E-state index in [0.29, 0.717) is 0 Å². The molecule has 2 N–H and O–H groups in total. The van der Waals surface area contributed by atoms with Gasteiger partial charge in [-0.1, -0.05) is 25.7 Å². The maximum atomic E-state index is 3.65. The van der Waals surface area contributed by atoms with Crippen LogP contribution in [-0.2, 0) is 0 Å². The molecule has 2 fully saturated rings. The van der Waals surface area contributed by atoms with Crippen LogP contribution in [0.3, 0.4) is 0 Å². The Hall–Kier alpha value is -0.0800. The van der Waals surface area contributed by atoms with Gasteiger partial charge in [-0.25, -0.2) is 0 Å². The Morgan fingerprint density at radius 2 is 2.00 bits per heavy atom. The van der Waals surface area contributed by atoms with E-state index in [9.17, 15) is 0 Å². The third kappa shape index (κ3) is 2.96. The zero-order chi connectivity index (χ0) is 8.93. The maximum absolute atomic E-state index is 3.65. The summed E-state index contributed by atoms with van der Waals surface area (Å²) < 4.78 is 0. The summed E-state index contributed by atoms with van der Waals surface area (Å²) in [5.74, 6) is 1.04. The van der Waals surface area contributed by atoms with Gasteiger partial charge in [0.1, 0.15) is 0 Å². The largest absolute Gasteiger partial charge is 0.315 e. The normalized spacial score (nSPS) is 30.0. The number of hydrogen-bond acceptors (Lipinski definition) is 2. The van der Waals surface area contributed by atoms with Crippen molar-refractivity contribution in [1.29, 1.82) is 0 Å². The third-order valence-electron chi connectivity index (χ3n) is 3.52. The highest BCUT2D eigenvalue weighted by Gasteiger charge is 2.16. The lowest BCUT2D eigenvalue weighted by Crippen LogP contribution is -2.32. The molecule has 2 heteroatoms. The van der Waals surface area contributed by atoms with Gasteiger partial charge in [0, 0.05) is 12.6 Å². The molecule has 2 aliphatic rings. The van der Waals surface area contributed by atoms with E-state index in [1.54, 1.807) is 0 Å². The summed E-state index contributed by atoms with van der Waals surface area (Å²) in [4.78, 5) is 0. The van der Waals surface area contributed by atoms with Gasteiger partial charge in [0.2, 0.25) is 0 Å². The first-order valence-electron chi connectivity index (χ1n) is 5.89. The summed E-state index contributed by atoms with van der Waals surface area (Å²) in [5.41, 5.74) is 0. The van der Waals surface area contributed by atoms with Crippen molar-refractivity contribution in [2.45, 2.75) is 44.6 Å². The van der Waals surface area contributed by atoms with Gasteiger partial charge in [0.25, 0.3) is 0 Å². The number of nitrogens with one attached hydrogen (secondary N) is 2. The molecule has 0 aromatic carbocycles. The molecule has 0 aromatic rings. The Balaban J connectivity index is 1.52. The van der Waals surface area contributed by atoms with E-state index < -0.39 is 0 Å². The second-order valence-electron chi connectivity index (χ2n) is 4.58. The van der Waals surface area contributed by atoms with E-state index in [0.717, 1.165) is 12.0 Å². The molecule has 76 valence electrons.